The van der Waals surface area contributed by atoms with Gasteiger partial charge in [-0.25, -0.2) is 4.79 Å². The highest BCUT2D eigenvalue weighted by atomic mass is 16.5. The predicted octanol–water partition coefficient (Wildman–Crippen LogP) is 3.79. The Morgan fingerprint density at radius 2 is 1.91 bits per heavy atom. The lowest BCUT2D eigenvalue weighted by Gasteiger charge is -2.37. The molecule has 122 valence electrons. The largest absolute Gasteiger partial charge is 0.465 e. The molecule has 0 saturated heterocycles. The Labute approximate surface area is 136 Å². The molecule has 0 aliphatic heterocycles. The van der Waals surface area contributed by atoms with Crippen molar-refractivity contribution >= 4 is 17.6 Å². The second-order valence-electron chi connectivity index (χ2n) is 7.25. The number of amides is 1. The molecule has 0 unspecified atom stereocenters. The van der Waals surface area contributed by atoms with Crippen molar-refractivity contribution < 1.29 is 14.3 Å². The van der Waals surface area contributed by atoms with E-state index in [0.717, 1.165) is 24.8 Å². The number of esters is 1. The van der Waals surface area contributed by atoms with Gasteiger partial charge >= 0.3 is 5.97 Å². The van der Waals surface area contributed by atoms with Crippen LogP contribution in [0.25, 0.3) is 0 Å². The summed E-state index contributed by atoms with van der Waals surface area (Å²) in [7, 11) is 1.35. The van der Waals surface area contributed by atoms with E-state index in [1.165, 1.54) is 7.11 Å². The molecular weight excluding hydrogens is 290 g/mol. The monoisotopic (exact) mass is 313 g/mol. The average Bonchev–Trinajstić information content (AvgIpc) is 3.07. The molecule has 0 heterocycles. The van der Waals surface area contributed by atoms with Crippen LogP contribution in [0.4, 0.5) is 5.69 Å². The summed E-state index contributed by atoms with van der Waals surface area (Å²) < 4.78 is 4.68. The summed E-state index contributed by atoms with van der Waals surface area (Å²) in [5.41, 5.74) is 1.82. The second kappa shape index (κ2) is 5.22. The number of fused-ring (bicyclic) bond motifs is 2. The Bertz CT molecular complexity index is 674. The van der Waals surface area contributed by atoms with Crippen LogP contribution < -0.4 is 5.32 Å². The standard InChI is InChI=1S/C19H23NO3/c1-12-18(2,3)14-9-10-19(12,11-14)17(22)20-15-7-5-13(6-8-15)16(21)23-4/h5-8,14H,1,9-11H2,2-4H3,(H,20,22)/t14-,19+/m0/s1. The van der Waals surface area contributed by atoms with Crippen LogP contribution in [0.5, 0.6) is 0 Å². The number of ether oxygens (including phenoxy) is 1. The average molecular weight is 313 g/mol. The minimum atomic E-state index is -0.435. The molecule has 4 nitrogen and oxygen atoms in total. The molecule has 2 aliphatic carbocycles. The number of benzene rings is 1. The lowest BCUT2D eigenvalue weighted by molar-refractivity contribution is -0.123. The van der Waals surface area contributed by atoms with E-state index in [0.29, 0.717) is 17.2 Å². The van der Waals surface area contributed by atoms with Crippen molar-refractivity contribution in [3.63, 3.8) is 0 Å². The first-order valence-electron chi connectivity index (χ1n) is 8.01. The van der Waals surface area contributed by atoms with Gasteiger partial charge in [-0.1, -0.05) is 26.0 Å². The number of anilines is 1. The van der Waals surface area contributed by atoms with Crippen LogP contribution in [0.15, 0.2) is 36.4 Å². The van der Waals surface area contributed by atoms with Crippen molar-refractivity contribution in [2.45, 2.75) is 33.1 Å². The van der Waals surface area contributed by atoms with Crippen LogP contribution in [0.2, 0.25) is 0 Å². The molecule has 0 spiro atoms. The fourth-order valence-corrected chi connectivity index (χ4v) is 4.20. The van der Waals surface area contributed by atoms with Crippen LogP contribution in [0.3, 0.4) is 0 Å². The summed E-state index contributed by atoms with van der Waals surface area (Å²) in [5, 5.41) is 3.00. The molecule has 2 fully saturated rings. The minimum Gasteiger partial charge on any atom is -0.465 e. The van der Waals surface area contributed by atoms with Crippen molar-refractivity contribution in [3.05, 3.63) is 42.0 Å². The third-order valence-electron chi connectivity index (χ3n) is 5.89. The number of carbonyl (C=O) groups excluding carboxylic acids is 2. The van der Waals surface area contributed by atoms with Gasteiger partial charge < -0.3 is 10.1 Å². The zero-order valence-electron chi connectivity index (χ0n) is 13.9. The van der Waals surface area contributed by atoms with E-state index in [1.54, 1.807) is 24.3 Å². The number of nitrogens with one attached hydrogen (secondary N) is 1. The maximum Gasteiger partial charge on any atom is 0.337 e. The predicted molar refractivity (Wildman–Crippen MR) is 89.1 cm³/mol. The molecule has 1 amide bonds. The molecule has 0 radical (unpaired) electrons. The minimum absolute atomic E-state index is 0.0291. The van der Waals surface area contributed by atoms with E-state index in [1.807, 2.05) is 0 Å². The number of carbonyl (C=O) groups is 2. The van der Waals surface area contributed by atoms with Crippen LogP contribution >= 0.6 is 0 Å². The number of rotatable bonds is 3. The molecule has 23 heavy (non-hydrogen) atoms. The van der Waals surface area contributed by atoms with Gasteiger partial charge in [0.05, 0.1) is 18.1 Å². The van der Waals surface area contributed by atoms with E-state index in [4.69, 9.17) is 0 Å². The quantitative estimate of drug-likeness (QED) is 0.682. The van der Waals surface area contributed by atoms with Crippen LogP contribution in [0, 0.1) is 16.7 Å². The fourth-order valence-electron chi connectivity index (χ4n) is 4.20. The van der Waals surface area contributed by atoms with E-state index in [-0.39, 0.29) is 17.3 Å². The van der Waals surface area contributed by atoms with Gasteiger partial charge in [-0.2, -0.15) is 0 Å². The highest BCUT2D eigenvalue weighted by Crippen LogP contribution is 2.65. The lowest BCUT2D eigenvalue weighted by Crippen LogP contribution is -2.37. The summed E-state index contributed by atoms with van der Waals surface area (Å²) in [6.45, 7) is 8.64. The Hall–Kier alpha value is -2.10. The molecule has 4 heteroatoms. The molecule has 3 rings (SSSR count). The van der Waals surface area contributed by atoms with Crippen molar-refractivity contribution in [2.75, 3.05) is 12.4 Å². The zero-order chi connectivity index (χ0) is 16.8. The van der Waals surface area contributed by atoms with Gasteiger partial charge in [-0.15, -0.1) is 0 Å². The third kappa shape index (κ3) is 2.28. The number of hydrogen-bond acceptors (Lipinski definition) is 3. The molecule has 1 N–H and O–H groups in total. The molecule has 2 bridgehead atoms. The van der Waals surface area contributed by atoms with Gasteiger partial charge in [0, 0.05) is 5.69 Å². The Kier molecular flexibility index (Phi) is 3.58. The second-order valence-corrected chi connectivity index (χ2v) is 7.25. The Morgan fingerprint density at radius 3 is 2.43 bits per heavy atom. The summed E-state index contributed by atoms with van der Waals surface area (Å²) >= 11 is 0. The molecule has 2 saturated carbocycles. The maximum atomic E-state index is 12.9. The van der Waals surface area contributed by atoms with Gasteiger partial charge in [0.2, 0.25) is 5.91 Å². The molecule has 2 atom stereocenters. The molecule has 1 aromatic rings. The van der Waals surface area contributed by atoms with Crippen LogP contribution in [0.1, 0.15) is 43.5 Å². The first kappa shape index (κ1) is 15.8. The zero-order valence-corrected chi connectivity index (χ0v) is 13.9. The van der Waals surface area contributed by atoms with Gasteiger partial charge in [-0.05, 0) is 54.9 Å². The first-order chi connectivity index (χ1) is 10.8. The lowest BCUT2D eigenvalue weighted by atomic mass is 9.68. The van der Waals surface area contributed by atoms with E-state index in [9.17, 15) is 9.59 Å². The van der Waals surface area contributed by atoms with E-state index < -0.39 is 5.41 Å². The van der Waals surface area contributed by atoms with E-state index >= 15 is 0 Å². The molecule has 1 aromatic carbocycles. The van der Waals surface area contributed by atoms with Gasteiger partial charge in [0.15, 0.2) is 0 Å². The summed E-state index contributed by atoms with van der Waals surface area (Å²) in [6.07, 6.45) is 2.86. The first-order valence-corrected chi connectivity index (χ1v) is 8.01. The van der Waals surface area contributed by atoms with Crippen molar-refractivity contribution in [2.24, 2.45) is 16.7 Å². The van der Waals surface area contributed by atoms with Crippen molar-refractivity contribution in [3.8, 4) is 0 Å². The molecule has 2 aliphatic rings. The summed E-state index contributed by atoms with van der Waals surface area (Å²) in [4.78, 5) is 24.4. The number of methoxy groups -OCH3 is 1. The number of hydrogen-bond donors (Lipinski definition) is 1. The Balaban J connectivity index is 1.78. The Morgan fingerprint density at radius 1 is 1.26 bits per heavy atom. The highest BCUT2D eigenvalue weighted by Gasteiger charge is 2.60. The fraction of sp³-hybridized carbons (Fsp3) is 0.474. The SMILES string of the molecule is C=C1C(C)(C)[C@H]2CC[C@@]1(C(=O)Nc1ccc(C(=O)OC)cc1)C2. The van der Waals surface area contributed by atoms with Gasteiger partial charge in [-0.3, -0.25) is 4.79 Å². The van der Waals surface area contributed by atoms with Gasteiger partial charge in [0.1, 0.15) is 0 Å². The third-order valence-corrected chi connectivity index (χ3v) is 5.89. The van der Waals surface area contributed by atoms with Crippen molar-refractivity contribution in [1.82, 2.24) is 0 Å². The summed E-state index contributed by atoms with van der Waals surface area (Å²) in [6, 6.07) is 6.78. The van der Waals surface area contributed by atoms with Gasteiger partial charge in [0.25, 0.3) is 0 Å². The normalized spacial score (nSPS) is 27.8. The maximum absolute atomic E-state index is 12.9. The molecule has 0 aromatic heterocycles. The summed E-state index contributed by atoms with van der Waals surface area (Å²) in [5.74, 6) is 0.190. The van der Waals surface area contributed by atoms with Crippen LogP contribution in [-0.4, -0.2) is 19.0 Å². The van der Waals surface area contributed by atoms with Crippen LogP contribution in [-0.2, 0) is 9.53 Å². The smallest absolute Gasteiger partial charge is 0.337 e. The molecular formula is C19H23NO3. The topological polar surface area (TPSA) is 55.4 Å². The van der Waals surface area contributed by atoms with Crippen molar-refractivity contribution in [1.29, 1.82) is 0 Å². The van der Waals surface area contributed by atoms with E-state index in [2.05, 4.69) is 30.5 Å². The highest BCUT2D eigenvalue weighted by molar-refractivity contribution is 5.99.